The highest BCUT2D eigenvalue weighted by Gasteiger charge is 2.13. The van der Waals surface area contributed by atoms with Gasteiger partial charge in [0, 0.05) is 18.5 Å². The Hall–Kier alpha value is -2.70. The van der Waals surface area contributed by atoms with Gasteiger partial charge in [0.25, 0.3) is 0 Å². The zero-order chi connectivity index (χ0) is 21.1. The lowest BCUT2D eigenvalue weighted by molar-refractivity contribution is 0.310. The molecule has 7 heteroatoms. The van der Waals surface area contributed by atoms with E-state index in [1.807, 2.05) is 38.1 Å². The van der Waals surface area contributed by atoms with Gasteiger partial charge >= 0.3 is 0 Å². The first-order valence-corrected chi connectivity index (χ1v) is 10.4. The largest absolute Gasteiger partial charge is 0.493 e. The maximum absolute atomic E-state index is 5.64. The van der Waals surface area contributed by atoms with E-state index in [0.29, 0.717) is 25.6 Å². The number of hydrogen-bond donors (Lipinski definition) is 2. The SMILES string of the molecule is CCNC(=NCc1ccc(OC)c(OCC)c1)NCc1cc(C(CC)CC)no1. The summed E-state index contributed by atoms with van der Waals surface area (Å²) in [5.41, 5.74) is 2.07. The molecular weight excluding hydrogens is 368 g/mol. The van der Waals surface area contributed by atoms with Crippen LogP contribution in [0.15, 0.2) is 33.8 Å². The van der Waals surface area contributed by atoms with E-state index >= 15 is 0 Å². The number of hydrogen-bond acceptors (Lipinski definition) is 5. The van der Waals surface area contributed by atoms with Gasteiger partial charge in [-0.25, -0.2) is 4.99 Å². The van der Waals surface area contributed by atoms with Crippen molar-refractivity contribution in [3.05, 3.63) is 41.3 Å². The van der Waals surface area contributed by atoms with Crippen LogP contribution in [0.2, 0.25) is 0 Å². The van der Waals surface area contributed by atoms with Gasteiger partial charge in [0.05, 0.1) is 32.5 Å². The van der Waals surface area contributed by atoms with Crippen LogP contribution < -0.4 is 20.1 Å². The number of methoxy groups -OCH3 is 1. The van der Waals surface area contributed by atoms with Crippen LogP contribution in [-0.2, 0) is 13.1 Å². The van der Waals surface area contributed by atoms with E-state index in [2.05, 4.69) is 34.6 Å². The third-order valence-corrected chi connectivity index (χ3v) is 4.70. The summed E-state index contributed by atoms with van der Waals surface area (Å²) in [5.74, 6) is 3.44. The van der Waals surface area contributed by atoms with Crippen molar-refractivity contribution < 1.29 is 14.0 Å². The normalized spacial score (nSPS) is 11.6. The van der Waals surface area contributed by atoms with Gasteiger partial charge in [0.2, 0.25) is 0 Å². The molecule has 0 saturated heterocycles. The van der Waals surface area contributed by atoms with Crippen LogP contribution in [0.25, 0.3) is 0 Å². The van der Waals surface area contributed by atoms with Crippen molar-refractivity contribution in [2.24, 2.45) is 4.99 Å². The molecule has 2 rings (SSSR count). The number of rotatable bonds is 11. The lowest BCUT2D eigenvalue weighted by Crippen LogP contribution is -2.36. The third-order valence-electron chi connectivity index (χ3n) is 4.70. The lowest BCUT2D eigenvalue weighted by atomic mass is 9.99. The average Bonchev–Trinajstić information content (AvgIpc) is 3.20. The van der Waals surface area contributed by atoms with Gasteiger partial charge in [-0.15, -0.1) is 0 Å². The zero-order valence-corrected chi connectivity index (χ0v) is 18.2. The van der Waals surface area contributed by atoms with E-state index < -0.39 is 0 Å². The van der Waals surface area contributed by atoms with Crippen molar-refractivity contribution in [3.63, 3.8) is 0 Å². The van der Waals surface area contributed by atoms with Crippen molar-refractivity contribution >= 4 is 5.96 Å². The number of nitrogens with one attached hydrogen (secondary N) is 2. The van der Waals surface area contributed by atoms with Crippen LogP contribution >= 0.6 is 0 Å². The predicted octanol–water partition coefficient (Wildman–Crippen LogP) is 4.24. The van der Waals surface area contributed by atoms with Crippen molar-refractivity contribution in [1.82, 2.24) is 15.8 Å². The number of aliphatic imine (C=N–C) groups is 1. The van der Waals surface area contributed by atoms with Gasteiger partial charge < -0.3 is 24.6 Å². The molecule has 1 aromatic heterocycles. The molecule has 0 unspecified atom stereocenters. The highest BCUT2D eigenvalue weighted by Crippen LogP contribution is 2.28. The summed E-state index contributed by atoms with van der Waals surface area (Å²) in [6.45, 7) is 10.8. The molecule has 29 heavy (non-hydrogen) atoms. The summed E-state index contributed by atoms with van der Waals surface area (Å²) in [5, 5.41) is 10.8. The molecule has 1 aromatic carbocycles. The molecule has 2 N–H and O–H groups in total. The second-order valence-corrected chi connectivity index (χ2v) is 6.70. The molecule has 160 valence electrons. The molecule has 2 aromatic rings. The van der Waals surface area contributed by atoms with E-state index in [1.54, 1.807) is 7.11 Å². The van der Waals surface area contributed by atoms with Crippen LogP contribution in [-0.4, -0.2) is 31.4 Å². The van der Waals surface area contributed by atoms with Gasteiger partial charge in [0.15, 0.2) is 23.2 Å². The summed E-state index contributed by atoms with van der Waals surface area (Å²) < 4.78 is 16.5. The predicted molar refractivity (Wildman–Crippen MR) is 116 cm³/mol. The maximum atomic E-state index is 5.64. The Labute approximate surface area is 173 Å². The summed E-state index contributed by atoms with van der Waals surface area (Å²) in [7, 11) is 1.64. The molecule has 0 aliphatic carbocycles. The summed E-state index contributed by atoms with van der Waals surface area (Å²) in [6.07, 6.45) is 2.12. The monoisotopic (exact) mass is 402 g/mol. The molecule has 7 nitrogen and oxygen atoms in total. The maximum Gasteiger partial charge on any atom is 0.191 e. The Balaban J connectivity index is 2.02. The van der Waals surface area contributed by atoms with Gasteiger partial charge in [-0.05, 0) is 44.4 Å². The standard InChI is InChI=1S/C22H34N4O3/c1-6-17(7-2)19-13-18(29-26-19)15-25-22(23-8-3)24-14-16-10-11-20(27-5)21(12-16)28-9-4/h10-13,17H,6-9,14-15H2,1-5H3,(H2,23,24,25). The minimum atomic E-state index is 0.448. The topological polar surface area (TPSA) is 80.9 Å². The molecule has 1 heterocycles. The first kappa shape index (κ1) is 22.6. The zero-order valence-electron chi connectivity index (χ0n) is 18.2. The van der Waals surface area contributed by atoms with Gasteiger partial charge in [-0.1, -0.05) is 25.1 Å². The molecule has 0 aliphatic heterocycles. The van der Waals surface area contributed by atoms with Crippen molar-refractivity contribution in [2.75, 3.05) is 20.3 Å². The van der Waals surface area contributed by atoms with Gasteiger partial charge in [0.1, 0.15) is 0 Å². The highest BCUT2D eigenvalue weighted by molar-refractivity contribution is 5.79. The van der Waals surface area contributed by atoms with Crippen LogP contribution in [0, 0.1) is 0 Å². The van der Waals surface area contributed by atoms with E-state index in [0.717, 1.165) is 53.9 Å². The molecular formula is C22H34N4O3. The number of aromatic nitrogens is 1. The Kier molecular flexibility index (Phi) is 9.34. The molecule has 0 aliphatic rings. The Morgan fingerprint density at radius 1 is 1.10 bits per heavy atom. The number of guanidine groups is 1. The van der Waals surface area contributed by atoms with E-state index in [1.165, 1.54) is 0 Å². The minimum Gasteiger partial charge on any atom is -0.493 e. The van der Waals surface area contributed by atoms with Crippen LogP contribution in [0.1, 0.15) is 63.5 Å². The van der Waals surface area contributed by atoms with Crippen molar-refractivity contribution in [2.45, 2.75) is 59.5 Å². The fourth-order valence-electron chi connectivity index (χ4n) is 3.08. The molecule has 0 spiro atoms. The van der Waals surface area contributed by atoms with Gasteiger partial charge in [-0.2, -0.15) is 0 Å². The average molecular weight is 403 g/mol. The first-order valence-electron chi connectivity index (χ1n) is 10.4. The van der Waals surface area contributed by atoms with E-state index in [9.17, 15) is 0 Å². The second-order valence-electron chi connectivity index (χ2n) is 6.70. The summed E-state index contributed by atoms with van der Waals surface area (Å²) in [4.78, 5) is 4.67. The third kappa shape index (κ3) is 6.69. The lowest BCUT2D eigenvalue weighted by Gasteiger charge is -2.12. The Morgan fingerprint density at radius 2 is 1.90 bits per heavy atom. The molecule has 0 saturated carbocycles. The first-order chi connectivity index (χ1) is 14.1. The van der Waals surface area contributed by atoms with E-state index in [-0.39, 0.29) is 0 Å². The molecule has 0 radical (unpaired) electrons. The van der Waals surface area contributed by atoms with Crippen LogP contribution in [0.3, 0.4) is 0 Å². The van der Waals surface area contributed by atoms with Crippen LogP contribution in [0.5, 0.6) is 11.5 Å². The Bertz CT molecular complexity index is 769. The highest BCUT2D eigenvalue weighted by atomic mass is 16.5. The molecule has 0 bridgehead atoms. The number of nitrogens with zero attached hydrogens (tertiary/aromatic N) is 2. The second kappa shape index (κ2) is 12.0. The summed E-state index contributed by atoms with van der Waals surface area (Å²) in [6, 6.07) is 7.90. The molecule has 0 fully saturated rings. The fourth-order valence-corrected chi connectivity index (χ4v) is 3.08. The summed E-state index contributed by atoms with van der Waals surface area (Å²) >= 11 is 0. The fraction of sp³-hybridized carbons (Fsp3) is 0.545. The number of benzene rings is 1. The van der Waals surface area contributed by atoms with Crippen molar-refractivity contribution in [1.29, 1.82) is 0 Å². The van der Waals surface area contributed by atoms with Gasteiger partial charge in [-0.3, -0.25) is 0 Å². The molecule has 0 atom stereocenters. The molecule has 0 amide bonds. The van der Waals surface area contributed by atoms with E-state index in [4.69, 9.17) is 14.0 Å². The smallest absolute Gasteiger partial charge is 0.191 e. The van der Waals surface area contributed by atoms with Crippen LogP contribution in [0.4, 0.5) is 0 Å². The minimum absolute atomic E-state index is 0.448. The Morgan fingerprint density at radius 3 is 2.55 bits per heavy atom. The van der Waals surface area contributed by atoms with Crippen molar-refractivity contribution in [3.8, 4) is 11.5 Å². The quantitative estimate of drug-likeness (QED) is 0.432. The number of ether oxygens (including phenoxy) is 2.